The molecule has 0 N–H and O–H groups in total. The van der Waals surface area contributed by atoms with Gasteiger partial charge in [-0.1, -0.05) is 5.57 Å². The van der Waals surface area contributed by atoms with Crippen LogP contribution in [-0.4, -0.2) is 25.3 Å². The molecule has 1 atom stereocenters. The molecule has 1 aromatic carbocycles. The van der Waals surface area contributed by atoms with Gasteiger partial charge in [0, 0.05) is 6.07 Å². The van der Waals surface area contributed by atoms with Gasteiger partial charge in [0.25, 0.3) is 0 Å². The summed E-state index contributed by atoms with van der Waals surface area (Å²) in [6.45, 7) is 6.06. The normalized spacial score (nSPS) is 12.2. The molecule has 0 spiro atoms. The molecule has 0 aliphatic carbocycles. The van der Waals surface area contributed by atoms with Gasteiger partial charge in [0.2, 0.25) is 5.71 Å². The SMILES string of the molecule is COc1cc(OC(C)C=C(C)C)c2nc3occc3c(OC)c2c1. The largest absolute Gasteiger partial charge is 0.497 e. The minimum Gasteiger partial charge on any atom is -0.497 e. The van der Waals surface area contributed by atoms with E-state index in [9.17, 15) is 0 Å². The highest BCUT2D eigenvalue weighted by Gasteiger charge is 2.18. The molecular weight excluding hydrogens is 306 g/mol. The predicted octanol–water partition coefficient (Wildman–Crippen LogP) is 4.73. The summed E-state index contributed by atoms with van der Waals surface area (Å²) in [4.78, 5) is 4.61. The van der Waals surface area contributed by atoms with E-state index >= 15 is 0 Å². The van der Waals surface area contributed by atoms with Crippen LogP contribution in [0.2, 0.25) is 0 Å². The van der Waals surface area contributed by atoms with E-state index in [-0.39, 0.29) is 6.10 Å². The number of hydrogen-bond acceptors (Lipinski definition) is 5. The quantitative estimate of drug-likeness (QED) is 0.634. The van der Waals surface area contributed by atoms with Crippen LogP contribution >= 0.6 is 0 Å². The molecule has 3 rings (SSSR count). The minimum atomic E-state index is -0.0922. The third kappa shape index (κ3) is 2.89. The smallest absolute Gasteiger partial charge is 0.230 e. The highest BCUT2D eigenvalue weighted by molar-refractivity contribution is 6.02. The van der Waals surface area contributed by atoms with Crippen molar-refractivity contribution in [3.8, 4) is 17.2 Å². The summed E-state index contributed by atoms with van der Waals surface area (Å²) < 4.78 is 22.6. The van der Waals surface area contributed by atoms with Crippen LogP contribution < -0.4 is 14.2 Å². The topological polar surface area (TPSA) is 53.7 Å². The minimum absolute atomic E-state index is 0.0922. The van der Waals surface area contributed by atoms with Crippen molar-refractivity contribution in [2.75, 3.05) is 14.2 Å². The second-order valence-corrected chi connectivity index (χ2v) is 5.87. The first-order valence-electron chi connectivity index (χ1n) is 7.78. The van der Waals surface area contributed by atoms with Crippen LogP contribution in [0.5, 0.6) is 17.2 Å². The van der Waals surface area contributed by atoms with Crippen molar-refractivity contribution in [2.24, 2.45) is 0 Å². The molecule has 0 fully saturated rings. The number of hydrogen-bond donors (Lipinski definition) is 0. The number of aromatic nitrogens is 1. The van der Waals surface area contributed by atoms with Crippen molar-refractivity contribution < 1.29 is 18.6 Å². The Morgan fingerprint density at radius 1 is 1.17 bits per heavy atom. The van der Waals surface area contributed by atoms with Crippen LogP contribution in [0.25, 0.3) is 22.0 Å². The van der Waals surface area contributed by atoms with Gasteiger partial charge in [0.1, 0.15) is 28.9 Å². The molecule has 0 radical (unpaired) electrons. The average molecular weight is 327 g/mol. The fourth-order valence-electron chi connectivity index (χ4n) is 2.81. The second-order valence-electron chi connectivity index (χ2n) is 5.87. The standard InChI is InChI=1S/C19H21NO4/c1-11(2)8-12(3)24-16-10-13(21-4)9-15-17(16)20-19-14(6-7-23-19)18(15)22-5/h6-10,12H,1-5H3. The maximum Gasteiger partial charge on any atom is 0.230 e. The Morgan fingerprint density at radius 3 is 2.62 bits per heavy atom. The second kappa shape index (κ2) is 6.43. The zero-order chi connectivity index (χ0) is 17.3. The molecule has 5 heteroatoms. The zero-order valence-corrected chi connectivity index (χ0v) is 14.5. The third-order valence-corrected chi connectivity index (χ3v) is 3.72. The Balaban J connectivity index is 2.25. The molecule has 0 bridgehead atoms. The summed E-state index contributed by atoms with van der Waals surface area (Å²) in [6, 6.07) is 5.57. The molecule has 0 saturated carbocycles. The zero-order valence-electron chi connectivity index (χ0n) is 14.5. The van der Waals surface area contributed by atoms with Gasteiger partial charge in [-0.3, -0.25) is 0 Å². The van der Waals surface area contributed by atoms with Gasteiger partial charge >= 0.3 is 0 Å². The molecule has 0 aliphatic rings. The number of furan rings is 1. The molecule has 5 nitrogen and oxygen atoms in total. The number of pyridine rings is 1. The van der Waals surface area contributed by atoms with Gasteiger partial charge in [-0.05, 0) is 39.0 Å². The van der Waals surface area contributed by atoms with Crippen molar-refractivity contribution in [2.45, 2.75) is 26.9 Å². The number of methoxy groups -OCH3 is 2. The molecule has 0 amide bonds. The van der Waals surface area contributed by atoms with Gasteiger partial charge in [0.05, 0.1) is 31.3 Å². The molecule has 0 aliphatic heterocycles. The first-order chi connectivity index (χ1) is 11.5. The molecule has 126 valence electrons. The average Bonchev–Trinajstić information content (AvgIpc) is 2.99. The van der Waals surface area contributed by atoms with Crippen LogP contribution in [0.1, 0.15) is 20.8 Å². The number of fused-ring (bicyclic) bond motifs is 2. The van der Waals surface area contributed by atoms with E-state index in [0.29, 0.717) is 28.5 Å². The summed E-state index contributed by atoms with van der Waals surface area (Å²) in [5.74, 6) is 2.01. The van der Waals surface area contributed by atoms with Crippen LogP contribution in [0.15, 0.2) is 40.5 Å². The summed E-state index contributed by atoms with van der Waals surface area (Å²) in [5, 5.41) is 1.65. The van der Waals surface area contributed by atoms with Gasteiger partial charge in [-0.15, -0.1) is 0 Å². The molecule has 2 aromatic heterocycles. The molecular formula is C19H21NO4. The van der Waals surface area contributed by atoms with Gasteiger partial charge in [-0.25, -0.2) is 4.98 Å². The maximum absolute atomic E-state index is 6.09. The van der Waals surface area contributed by atoms with Crippen LogP contribution in [0, 0.1) is 0 Å². The van der Waals surface area contributed by atoms with E-state index in [1.54, 1.807) is 20.5 Å². The number of nitrogens with zero attached hydrogens (tertiary/aromatic N) is 1. The first-order valence-corrected chi connectivity index (χ1v) is 7.78. The van der Waals surface area contributed by atoms with Gasteiger partial charge in [0.15, 0.2) is 0 Å². The Morgan fingerprint density at radius 2 is 1.96 bits per heavy atom. The third-order valence-electron chi connectivity index (χ3n) is 3.72. The van der Waals surface area contributed by atoms with Crippen molar-refractivity contribution in [3.05, 3.63) is 36.1 Å². The first kappa shape index (κ1) is 16.2. The highest BCUT2D eigenvalue weighted by Crippen LogP contribution is 2.40. The maximum atomic E-state index is 6.09. The Hall–Kier alpha value is -2.69. The molecule has 3 aromatic rings. The number of allylic oxidation sites excluding steroid dienone is 1. The van der Waals surface area contributed by atoms with Crippen molar-refractivity contribution >= 4 is 22.0 Å². The summed E-state index contributed by atoms with van der Waals surface area (Å²) in [6.07, 6.45) is 3.56. The fourth-order valence-corrected chi connectivity index (χ4v) is 2.81. The van der Waals surface area contributed by atoms with E-state index in [1.165, 1.54) is 5.57 Å². The summed E-state index contributed by atoms with van der Waals surface area (Å²) in [5.41, 5.74) is 2.39. The van der Waals surface area contributed by atoms with Crippen molar-refractivity contribution in [1.82, 2.24) is 4.98 Å². The predicted molar refractivity (Wildman–Crippen MR) is 94.1 cm³/mol. The molecule has 0 saturated heterocycles. The Kier molecular flexibility index (Phi) is 4.34. The lowest BCUT2D eigenvalue weighted by Gasteiger charge is -2.16. The van der Waals surface area contributed by atoms with E-state index in [1.807, 2.05) is 45.0 Å². The van der Waals surface area contributed by atoms with Crippen LogP contribution in [0.4, 0.5) is 0 Å². The van der Waals surface area contributed by atoms with E-state index in [0.717, 1.165) is 10.8 Å². The monoisotopic (exact) mass is 327 g/mol. The number of rotatable bonds is 5. The molecule has 2 heterocycles. The lowest BCUT2D eigenvalue weighted by Crippen LogP contribution is -2.09. The van der Waals surface area contributed by atoms with E-state index < -0.39 is 0 Å². The number of ether oxygens (including phenoxy) is 3. The molecule has 1 unspecified atom stereocenters. The van der Waals surface area contributed by atoms with E-state index in [4.69, 9.17) is 18.6 Å². The van der Waals surface area contributed by atoms with Crippen LogP contribution in [0.3, 0.4) is 0 Å². The Labute approximate surface area is 140 Å². The summed E-state index contributed by atoms with van der Waals surface area (Å²) in [7, 11) is 3.26. The lowest BCUT2D eigenvalue weighted by atomic mass is 10.1. The lowest BCUT2D eigenvalue weighted by molar-refractivity contribution is 0.270. The highest BCUT2D eigenvalue weighted by atomic mass is 16.5. The van der Waals surface area contributed by atoms with E-state index in [2.05, 4.69) is 4.98 Å². The van der Waals surface area contributed by atoms with Gasteiger partial charge < -0.3 is 18.6 Å². The fraction of sp³-hybridized carbons (Fsp3) is 0.316. The number of benzene rings is 1. The summed E-state index contributed by atoms with van der Waals surface area (Å²) >= 11 is 0. The van der Waals surface area contributed by atoms with Crippen molar-refractivity contribution in [3.63, 3.8) is 0 Å². The Bertz CT molecular complexity index is 907. The molecule has 24 heavy (non-hydrogen) atoms. The van der Waals surface area contributed by atoms with Gasteiger partial charge in [-0.2, -0.15) is 0 Å². The van der Waals surface area contributed by atoms with Crippen molar-refractivity contribution in [1.29, 1.82) is 0 Å². The van der Waals surface area contributed by atoms with Crippen LogP contribution in [-0.2, 0) is 0 Å².